The van der Waals surface area contributed by atoms with Crippen molar-refractivity contribution >= 4 is 78.6 Å². The van der Waals surface area contributed by atoms with E-state index in [0.29, 0.717) is 0 Å². The quantitative estimate of drug-likeness (QED) is 0.149. The molecule has 9 rings (SSSR count). The minimum absolute atomic E-state index is 1.11. The van der Waals surface area contributed by atoms with Gasteiger partial charge in [0.1, 0.15) is 0 Å². The second kappa shape index (κ2) is 13.8. The zero-order valence-electron chi connectivity index (χ0n) is 28.7. The molecule has 0 aliphatic rings. The Labute approximate surface area is 304 Å². The highest BCUT2D eigenvalue weighted by molar-refractivity contribution is 5.99. The maximum absolute atomic E-state index is 2.35. The first-order valence-electron chi connectivity index (χ1n) is 17.8. The van der Waals surface area contributed by atoms with Crippen molar-refractivity contribution in [3.63, 3.8) is 0 Å². The van der Waals surface area contributed by atoms with Crippen LogP contribution in [0.2, 0.25) is 0 Å². The van der Waals surface area contributed by atoms with Gasteiger partial charge in [-0.2, -0.15) is 0 Å². The number of anilines is 6. The summed E-state index contributed by atoms with van der Waals surface area (Å²) in [5, 5.41) is 7.37. The molecule has 0 aromatic heterocycles. The molecule has 0 saturated heterocycles. The lowest BCUT2D eigenvalue weighted by Gasteiger charge is -2.27. The van der Waals surface area contributed by atoms with Crippen LogP contribution in [0, 0.1) is 0 Å². The predicted molar refractivity (Wildman–Crippen MR) is 224 cm³/mol. The van der Waals surface area contributed by atoms with Gasteiger partial charge in [0.05, 0.1) is 5.69 Å². The minimum atomic E-state index is 1.11. The van der Waals surface area contributed by atoms with Crippen molar-refractivity contribution in [3.05, 3.63) is 217 Å². The Kier molecular flexibility index (Phi) is 8.24. The number of rotatable bonds is 8. The molecular formula is C50H36N2. The molecule has 52 heavy (non-hydrogen) atoms. The Balaban J connectivity index is 1.01. The molecule has 9 aromatic carbocycles. The molecule has 0 radical (unpaired) electrons. The van der Waals surface area contributed by atoms with Gasteiger partial charge in [0, 0.05) is 33.8 Å². The van der Waals surface area contributed by atoms with Crippen LogP contribution in [0.25, 0.3) is 44.5 Å². The van der Waals surface area contributed by atoms with Crippen LogP contribution in [0.4, 0.5) is 34.1 Å². The van der Waals surface area contributed by atoms with Crippen LogP contribution >= 0.6 is 0 Å². The molecular weight excluding hydrogens is 629 g/mol. The third kappa shape index (κ3) is 6.19. The molecule has 0 aliphatic heterocycles. The van der Waals surface area contributed by atoms with Crippen LogP contribution < -0.4 is 9.80 Å². The van der Waals surface area contributed by atoms with Gasteiger partial charge < -0.3 is 9.80 Å². The Morgan fingerprint density at radius 2 is 0.692 bits per heavy atom. The second-order valence-electron chi connectivity index (χ2n) is 13.1. The van der Waals surface area contributed by atoms with Crippen molar-refractivity contribution in [3.8, 4) is 0 Å². The highest BCUT2D eigenvalue weighted by Crippen LogP contribution is 2.40. The molecule has 9 aromatic rings. The van der Waals surface area contributed by atoms with E-state index in [2.05, 4.69) is 228 Å². The zero-order valence-corrected chi connectivity index (χ0v) is 28.7. The summed E-state index contributed by atoms with van der Waals surface area (Å²) in [4.78, 5) is 4.69. The molecule has 246 valence electrons. The van der Waals surface area contributed by atoms with Crippen LogP contribution in [0.15, 0.2) is 206 Å². The van der Waals surface area contributed by atoms with Gasteiger partial charge in [-0.3, -0.25) is 0 Å². The first-order chi connectivity index (χ1) is 25.8. The van der Waals surface area contributed by atoms with Crippen molar-refractivity contribution in [2.24, 2.45) is 0 Å². The molecule has 0 N–H and O–H groups in total. The zero-order chi connectivity index (χ0) is 34.7. The topological polar surface area (TPSA) is 6.48 Å². The van der Waals surface area contributed by atoms with Crippen molar-refractivity contribution in [2.75, 3.05) is 9.80 Å². The van der Waals surface area contributed by atoms with Gasteiger partial charge >= 0.3 is 0 Å². The van der Waals surface area contributed by atoms with E-state index in [1.54, 1.807) is 0 Å². The monoisotopic (exact) mass is 664 g/mol. The molecule has 2 nitrogen and oxygen atoms in total. The number of benzene rings is 9. The second-order valence-corrected chi connectivity index (χ2v) is 13.1. The van der Waals surface area contributed by atoms with Gasteiger partial charge in [-0.25, -0.2) is 0 Å². The summed E-state index contributed by atoms with van der Waals surface area (Å²) in [7, 11) is 0. The van der Waals surface area contributed by atoms with E-state index in [-0.39, 0.29) is 0 Å². The average molecular weight is 665 g/mol. The van der Waals surface area contributed by atoms with Gasteiger partial charge in [0.15, 0.2) is 0 Å². The third-order valence-corrected chi connectivity index (χ3v) is 9.78. The van der Waals surface area contributed by atoms with Crippen LogP contribution in [-0.4, -0.2) is 0 Å². The molecule has 0 fully saturated rings. The minimum Gasteiger partial charge on any atom is -0.310 e. The van der Waals surface area contributed by atoms with Crippen molar-refractivity contribution in [1.82, 2.24) is 0 Å². The number of fused-ring (bicyclic) bond motifs is 3. The van der Waals surface area contributed by atoms with E-state index in [9.17, 15) is 0 Å². The summed E-state index contributed by atoms with van der Waals surface area (Å²) in [6.07, 6.45) is 4.38. The average Bonchev–Trinajstić information content (AvgIpc) is 3.22. The summed E-state index contributed by atoms with van der Waals surface area (Å²) in [6, 6.07) is 73.8. The van der Waals surface area contributed by atoms with E-state index >= 15 is 0 Å². The van der Waals surface area contributed by atoms with Gasteiger partial charge in [-0.15, -0.1) is 0 Å². The van der Waals surface area contributed by atoms with Crippen LogP contribution in [0.1, 0.15) is 11.1 Å². The van der Waals surface area contributed by atoms with Gasteiger partial charge in [0.25, 0.3) is 0 Å². The number of para-hydroxylation sites is 1. The van der Waals surface area contributed by atoms with E-state index in [0.717, 1.165) is 45.3 Å². The first-order valence-corrected chi connectivity index (χ1v) is 17.8. The fourth-order valence-corrected chi connectivity index (χ4v) is 7.15. The Hall–Kier alpha value is -6.90. The van der Waals surface area contributed by atoms with E-state index in [1.165, 1.54) is 32.3 Å². The molecule has 0 saturated carbocycles. The first kappa shape index (κ1) is 31.1. The third-order valence-electron chi connectivity index (χ3n) is 9.78. The van der Waals surface area contributed by atoms with E-state index < -0.39 is 0 Å². The van der Waals surface area contributed by atoms with E-state index in [1.807, 2.05) is 0 Å². The molecule has 0 atom stereocenters. The predicted octanol–water partition coefficient (Wildman–Crippen LogP) is 14.3. The van der Waals surface area contributed by atoms with Crippen LogP contribution in [-0.2, 0) is 0 Å². The lowest BCUT2D eigenvalue weighted by atomic mass is 10.1. The van der Waals surface area contributed by atoms with Crippen molar-refractivity contribution < 1.29 is 0 Å². The standard InChI is InChI=1S/C50H36N2/c1-2-17-44(18-3-1)52(50-20-10-16-41-13-8-9-19-49(41)50)46-31-25-38(26-32-46)22-21-37-23-29-45(30-24-37)51(47-33-27-39-11-4-6-14-42(39)35-47)48-34-28-40-12-5-7-15-43(40)36-48/h1-36H. The fourth-order valence-electron chi connectivity index (χ4n) is 7.15. The van der Waals surface area contributed by atoms with E-state index in [4.69, 9.17) is 0 Å². The number of hydrogen-bond acceptors (Lipinski definition) is 2. The highest BCUT2D eigenvalue weighted by atomic mass is 15.1. The lowest BCUT2D eigenvalue weighted by Crippen LogP contribution is -2.10. The van der Waals surface area contributed by atoms with Crippen molar-refractivity contribution in [2.45, 2.75) is 0 Å². The summed E-state index contributed by atoms with van der Waals surface area (Å²) in [5.74, 6) is 0. The van der Waals surface area contributed by atoms with Crippen molar-refractivity contribution in [1.29, 1.82) is 0 Å². The summed E-state index contributed by atoms with van der Waals surface area (Å²) in [6.45, 7) is 0. The van der Waals surface area contributed by atoms with Gasteiger partial charge in [-0.05, 0) is 105 Å². The van der Waals surface area contributed by atoms with Gasteiger partial charge in [0.2, 0.25) is 0 Å². The van der Waals surface area contributed by atoms with Crippen LogP contribution in [0.3, 0.4) is 0 Å². The summed E-state index contributed by atoms with van der Waals surface area (Å²) >= 11 is 0. The Bertz CT molecular complexity index is 2590. The molecule has 0 unspecified atom stereocenters. The maximum Gasteiger partial charge on any atom is 0.0540 e. The lowest BCUT2D eigenvalue weighted by molar-refractivity contribution is 1.29. The number of nitrogens with zero attached hydrogens (tertiary/aromatic N) is 2. The Morgan fingerprint density at radius 1 is 0.269 bits per heavy atom. The highest BCUT2D eigenvalue weighted by Gasteiger charge is 2.16. The Morgan fingerprint density at radius 3 is 1.27 bits per heavy atom. The normalized spacial score (nSPS) is 11.4. The van der Waals surface area contributed by atoms with Gasteiger partial charge in [-0.1, -0.05) is 152 Å². The smallest absolute Gasteiger partial charge is 0.0540 e. The largest absolute Gasteiger partial charge is 0.310 e. The maximum atomic E-state index is 2.35. The molecule has 0 heterocycles. The fraction of sp³-hybridized carbons (Fsp3) is 0. The summed E-state index contributed by atoms with van der Waals surface area (Å²) < 4.78 is 0. The summed E-state index contributed by atoms with van der Waals surface area (Å²) in [5.41, 5.74) is 9.07. The number of hydrogen-bond donors (Lipinski definition) is 0. The molecule has 0 aliphatic carbocycles. The van der Waals surface area contributed by atoms with Crippen LogP contribution in [0.5, 0.6) is 0 Å². The molecule has 2 heteroatoms. The SMILES string of the molecule is C(=Cc1ccc(N(c2ccccc2)c2cccc3ccccc23)cc1)c1ccc(N(c2ccc3ccccc3c2)c2ccc3ccccc3c2)cc1. The molecule has 0 bridgehead atoms. The molecule has 0 spiro atoms. The molecule has 0 amide bonds.